The van der Waals surface area contributed by atoms with E-state index in [1.807, 2.05) is 59.5 Å². The van der Waals surface area contributed by atoms with Gasteiger partial charge in [-0.15, -0.1) is 0 Å². The van der Waals surface area contributed by atoms with Crippen molar-refractivity contribution in [1.29, 1.82) is 0 Å². The molecule has 1 fully saturated rings. The average Bonchev–Trinajstić information content (AvgIpc) is 2.79. The number of amides is 2. The van der Waals surface area contributed by atoms with Crippen LogP contribution in [0.15, 0.2) is 54.6 Å². The summed E-state index contributed by atoms with van der Waals surface area (Å²) >= 11 is 0. The van der Waals surface area contributed by atoms with Crippen molar-refractivity contribution in [2.75, 3.05) is 31.1 Å². The molecule has 2 aliphatic heterocycles. The minimum absolute atomic E-state index is 0.0869. The van der Waals surface area contributed by atoms with E-state index in [1.165, 1.54) is 0 Å². The molecular weight excluding hydrogens is 380 g/mol. The Labute approximate surface area is 177 Å². The molecule has 2 aliphatic rings. The van der Waals surface area contributed by atoms with Crippen LogP contribution in [0.25, 0.3) is 0 Å². The van der Waals surface area contributed by atoms with E-state index in [2.05, 4.69) is 0 Å². The van der Waals surface area contributed by atoms with Gasteiger partial charge in [0.05, 0.1) is 12.3 Å². The van der Waals surface area contributed by atoms with Crippen LogP contribution in [0.2, 0.25) is 0 Å². The normalized spacial score (nSPS) is 21.0. The summed E-state index contributed by atoms with van der Waals surface area (Å²) in [6, 6.07) is 17.3. The Morgan fingerprint density at radius 1 is 1.13 bits per heavy atom. The zero-order valence-corrected chi connectivity index (χ0v) is 17.3. The molecular formula is C24H28N2O4. The third kappa shape index (κ3) is 4.58. The molecule has 0 N–H and O–H groups in total. The number of nitrogens with zero attached hydrogens (tertiary/aromatic N) is 2. The van der Waals surface area contributed by atoms with Gasteiger partial charge in [-0.2, -0.15) is 0 Å². The summed E-state index contributed by atoms with van der Waals surface area (Å²) in [4.78, 5) is 29.1. The molecule has 2 unspecified atom stereocenters. The minimum atomic E-state index is -0.537. The van der Waals surface area contributed by atoms with Crippen LogP contribution in [-0.4, -0.2) is 49.1 Å². The molecule has 0 bridgehead atoms. The van der Waals surface area contributed by atoms with Gasteiger partial charge in [-0.3, -0.25) is 9.59 Å². The van der Waals surface area contributed by atoms with E-state index < -0.39 is 6.10 Å². The first-order chi connectivity index (χ1) is 14.6. The maximum atomic E-state index is 12.9. The fraction of sp³-hybridized carbons (Fsp3) is 0.417. The van der Waals surface area contributed by atoms with E-state index in [0.717, 1.165) is 30.8 Å². The van der Waals surface area contributed by atoms with Crippen LogP contribution in [0.1, 0.15) is 26.2 Å². The van der Waals surface area contributed by atoms with Crippen LogP contribution in [-0.2, 0) is 9.59 Å². The Hall–Kier alpha value is -3.02. The zero-order valence-electron chi connectivity index (χ0n) is 17.3. The van der Waals surface area contributed by atoms with Gasteiger partial charge in [-0.05, 0) is 44.0 Å². The van der Waals surface area contributed by atoms with E-state index in [-0.39, 0.29) is 11.8 Å². The molecule has 2 amide bonds. The number of ether oxygens (including phenoxy) is 2. The van der Waals surface area contributed by atoms with Crippen LogP contribution in [0.4, 0.5) is 5.69 Å². The summed E-state index contributed by atoms with van der Waals surface area (Å²) in [6.45, 7) is 4.19. The Morgan fingerprint density at radius 3 is 2.73 bits per heavy atom. The minimum Gasteiger partial charge on any atom is -0.493 e. The van der Waals surface area contributed by atoms with Crippen LogP contribution >= 0.6 is 0 Å². The lowest BCUT2D eigenvalue weighted by Crippen LogP contribution is -2.47. The molecule has 4 rings (SSSR count). The molecule has 0 radical (unpaired) electrons. The standard InChI is InChI=1S/C24H28N2O4/c1-18-24(28)26(21-11-5-6-12-22(21)30-18)15-13-23(27)25-14-7-8-19(16-25)17-29-20-9-3-2-4-10-20/h2-6,9-12,18-19H,7-8,13-17H2,1H3. The number of carbonyl (C=O) groups is 2. The maximum Gasteiger partial charge on any atom is 0.267 e. The number of benzene rings is 2. The van der Waals surface area contributed by atoms with Gasteiger partial charge in [0.2, 0.25) is 5.91 Å². The van der Waals surface area contributed by atoms with E-state index in [4.69, 9.17) is 9.47 Å². The number of fused-ring (bicyclic) bond motifs is 1. The monoisotopic (exact) mass is 408 g/mol. The van der Waals surface area contributed by atoms with Gasteiger partial charge in [0, 0.05) is 32.0 Å². The van der Waals surface area contributed by atoms with E-state index >= 15 is 0 Å². The highest BCUT2D eigenvalue weighted by atomic mass is 16.5. The second kappa shape index (κ2) is 9.20. The SMILES string of the molecule is CC1Oc2ccccc2N(CCC(=O)N2CCCC(COc3ccccc3)C2)C1=O. The molecule has 6 heteroatoms. The van der Waals surface area contributed by atoms with Crippen molar-refractivity contribution in [3.05, 3.63) is 54.6 Å². The molecule has 158 valence electrons. The van der Waals surface area contributed by atoms with Crippen molar-refractivity contribution in [1.82, 2.24) is 4.90 Å². The van der Waals surface area contributed by atoms with Crippen LogP contribution in [0.3, 0.4) is 0 Å². The first-order valence-electron chi connectivity index (χ1n) is 10.6. The number of carbonyl (C=O) groups excluding carboxylic acids is 2. The van der Waals surface area contributed by atoms with Crippen molar-refractivity contribution in [2.45, 2.75) is 32.3 Å². The van der Waals surface area contributed by atoms with Crippen LogP contribution in [0.5, 0.6) is 11.5 Å². The lowest BCUT2D eigenvalue weighted by atomic mass is 9.98. The van der Waals surface area contributed by atoms with E-state index in [0.29, 0.717) is 37.8 Å². The second-order valence-corrected chi connectivity index (χ2v) is 7.94. The van der Waals surface area contributed by atoms with Crippen molar-refractivity contribution in [3.63, 3.8) is 0 Å². The van der Waals surface area contributed by atoms with Gasteiger partial charge in [0.1, 0.15) is 11.5 Å². The van der Waals surface area contributed by atoms with E-state index in [1.54, 1.807) is 11.8 Å². The summed E-state index contributed by atoms with van der Waals surface area (Å²) < 4.78 is 11.6. The van der Waals surface area contributed by atoms with Gasteiger partial charge >= 0.3 is 0 Å². The summed E-state index contributed by atoms with van der Waals surface area (Å²) in [7, 11) is 0. The number of rotatable bonds is 6. The summed E-state index contributed by atoms with van der Waals surface area (Å²) in [5, 5.41) is 0. The predicted molar refractivity (Wildman–Crippen MR) is 115 cm³/mol. The third-order valence-electron chi connectivity index (χ3n) is 5.72. The fourth-order valence-electron chi connectivity index (χ4n) is 4.11. The molecule has 2 aromatic carbocycles. The first-order valence-corrected chi connectivity index (χ1v) is 10.6. The highest BCUT2D eigenvalue weighted by molar-refractivity contribution is 6.00. The lowest BCUT2D eigenvalue weighted by Gasteiger charge is -2.35. The van der Waals surface area contributed by atoms with E-state index in [9.17, 15) is 9.59 Å². The molecule has 2 aromatic rings. The van der Waals surface area contributed by atoms with Crippen molar-refractivity contribution < 1.29 is 19.1 Å². The number of hydrogen-bond acceptors (Lipinski definition) is 4. The third-order valence-corrected chi connectivity index (χ3v) is 5.72. The molecule has 6 nitrogen and oxygen atoms in total. The molecule has 2 heterocycles. The number of para-hydroxylation sites is 3. The summed E-state index contributed by atoms with van der Waals surface area (Å²) in [5.74, 6) is 1.86. The van der Waals surface area contributed by atoms with Crippen molar-refractivity contribution >= 4 is 17.5 Å². The quantitative estimate of drug-likeness (QED) is 0.734. The molecule has 0 aromatic heterocycles. The number of hydrogen-bond donors (Lipinski definition) is 0. The molecule has 0 spiro atoms. The fourth-order valence-corrected chi connectivity index (χ4v) is 4.11. The van der Waals surface area contributed by atoms with Gasteiger partial charge in [-0.25, -0.2) is 0 Å². The Morgan fingerprint density at radius 2 is 1.90 bits per heavy atom. The van der Waals surface area contributed by atoms with Crippen molar-refractivity contribution in [2.24, 2.45) is 5.92 Å². The Balaban J connectivity index is 1.32. The topological polar surface area (TPSA) is 59.1 Å². The Bertz CT molecular complexity index is 886. The second-order valence-electron chi connectivity index (χ2n) is 7.94. The molecule has 0 aliphatic carbocycles. The maximum absolute atomic E-state index is 12.9. The first kappa shape index (κ1) is 20.3. The van der Waals surface area contributed by atoms with Gasteiger partial charge in [-0.1, -0.05) is 30.3 Å². The number of piperidine rings is 1. The van der Waals surface area contributed by atoms with Crippen LogP contribution in [0, 0.1) is 5.92 Å². The highest BCUT2D eigenvalue weighted by Crippen LogP contribution is 2.33. The van der Waals surface area contributed by atoms with Crippen molar-refractivity contribution in [3.8, 4) is 11.5 Å². The van der Waals surface area contributed by atoms with Gasteiger partial charge in [0.25, 0.3) is 5.91 Å². The zero-order chi connectivity index (χ0) is 20.9. The van der Waals surface area contributed by atoms with Gasteiger partial charge < -0.3 is 19.3 Å². The number of anilines is 1. The highest BCUT2D eigenvalue weighted by Gasteiger charge is 2.32. The number of likely N-dealkylation sites (tertiary alicyclic amines) is 1. The van der Waals surface area contributed by atoms with Gasteiger partial charge in [0.15, 0.2) is 6.10 Å². The molecule has 0 saturated carbocycles. The molecule has 2 atom stereocenters. The summed E-state index contributed by atoms with van der Waals surface area (Å²) in [5.41, 5.74) is 0.737. The predicted octanol–water partition coefficient (Wildman–Crippen LogP) is 3.51. The Kier molecular flexibility index (Phi) is 6.21. The average molecular weight is 408 g/mol. The summed E-state index contributed by atoms with van der Waals surface area (Å²) in [6.07, 6.45) is 1.80. The lowest BCUT2D eigenvalue weighted by molar-refractivity contribution is -0.133. The largest absolute Gasteiger partial charge is 0.493 e. The van der Waals surface area contributed by atoms with Crippen LogP contribution < -0.4 is 14.4 Å². The smallest absolute Gasteiger partial charge is 0.267 e. The molecule has 30 heavy (non-hydrogen) atoms. The molecule has 1 saturated heterocycles.